The summed E-state index contributed by atoms with van der Waals surface area (Å²) in [5.74, 6) is 1.21. The predicted molar refractivity (Wildman–Crippen MR) is 87.8 cm³/mol. The monoisotopic (exact) mass is 298 g/mol. The lowest BCUT2D eigenvalue weighted by Gasteiger charge is -2.08. The van der Waals surface area contributed by atoms with Crippen LogP contribution in [-0.4, -0.2) is 14.9 Å². The van der Waals surface area contributed by atoms with Crippen molar-refractivity contribution >= 4 is 22.5 Å². The number of hydrogen-bond acceptors (Lipinski definition) is 3. The molecule has 2 aromatic carbocycles. The Bertz CT molecular complexity index is 780. The van der Waals surface area contributed by atoms with Crippen molar-refractivity contribution in [2.75, 3.05) is 0 Å². The third kappa shape index (κ3) is 2.76. The van der Waals surface area contributed by atoms with Gasteiger partial charge in [-0.15, -0.1) is 11.8 Å². The number of aryl methyl sites for hydroxylation is 2. The summed E-state index contributed by atoms with van der Waals surface area (Å²) in [5.41, 5.74) is 2.35. The first-order valence-corrected chi connectivity index (χ1v) is 8.03. The lowest BCUT2D eigenvalue weighted by molar-refractivity contribution is 0.481. The molecule has 0 aliphatic carbocycles. The third-order valence-corrected chi connectivity index (χ3v) is 4.73. The lowest BCUT2D eigenvalue weighted by Crippen LogP contribution is -1.96. The van der Waals surface area contributed by atoms with Crippen LogP contribution >= 0.6 is 11.8 Å². The van der Waals surface area contributed by atoms with Crippen molar-refractivity contribution in [3.05, 3.63) is 53.9 Å². The molecule has 108 valence electrons. The fourth-order valence-electron chi connectivity index (χ4n) is 2.41. The molecule has 4 heteroatoms. The van der Waals surface area contributed by atoms with Gasteiger partial charge >= 0.3 is 0 Å². The summed E-state index contributed by atoms with van der Waals surface area (Å²) in [5, 5.41) is 16.4. The number of rotatable bonds is 4. The van der Waals surface area contributed by atoms with E-state index in [9.17, 15) is 5.11 Å². The first-order valence-electron chi connectivity index (χ1n) is 7.04. The van der Waals surface area contributed by atoms with Crippen LogP contribution in [0.4, 0.5) is 0 Å². The minimum Gasteiger partial charge on any atom is -0.507 e. The molecular formula is C17H18N2OS. The molecule has 0 atom stereocenters. The zero-order valence-corrected chi connectivity index (χ0v) is 13.0. The molecular weight excluding hydrogens is 280 g/mol. The smallest absolute Gasteiger partial charge is 0.123 e. The topological polar surface area (TPSA) is 38.0 Å². The van der Waals surface area contributed by atoms with Crippen molar-refractivity contribution in [1.82, 2.24) is 9.78 Å². The second kappa shape index (κ2) is 5.82. The molecule has 3 rings (SSSR count). The van der Waals surface area contributed by atoms with Gasteiger partial charge in [0, 0.05) is 28.8 Å². The fourth-order valence-corrected chi connectivity index (χ4v) is 3.48. The van der Waals surface area contributed by atoms with Crippen molar-refractivity contribution in [2.24, 2.45) is 7.05 Å². The van der Waals surface area contributed by atoms with Gasteiger partial charge in [0.25, 0.3) is 0 Å². The van der Waals surface area contributed by atoms with E-state index in [1.165, 1.54) is 10.6 Å². The molecule has 21 heavy (non-hydrogen) atoms. The molecule has 0 radical (unpaired) electrons. The number of hydrogen-bond donors (Lipinski definition) is 1. The van der Waals surface area contributed by atoms with Gasteiger partial charge in [-0.3, -0.25) is 4.68 Å². The van der Waals surface area contributed by atoms with E-state index in [2.05, 4.69) is 24.2 Å². The minimum atomic E-state index is 0.337. The fraction of sp³-hybridized carbons (Fsp3) is 0.235. The number of aromatic hydroxyl groups is 1. The van der Waals surface area contributed by atoms with Crippen LogP contribution in [0.1, 0.15) is 18.3 Å². The molecule has 0 spiro atoms. The van der Waals surface area contributed by atoms with Gasteiger partial charge in [-0.1, -0.05) is 31.2 Å². The van der Waals surface area contributed by atoms with Crippen molar-refractivity contribution in [2.45, 2.75) is 24.0 Å². The molecule has 0 saturated carbocycles. The highest BCUT2D eigenvalue weighted by Gasteiger charge is 2.08. The largest absolute Gasteiger partial charge is 0.507 e. The second-order valence-electron chi connectivity index (χ2n) is 5.02. The Balaban J connectivity index is 1.88. The molecule has 0 saturated heterocycles. The van der Waals surface area contributed by atoms with E-state index in [-0.39, 0.29) is 0 Å². The first kappa shape index (κ1) is 14.0. The molecule has 0 amide bonds. The number of thioether (sulfide) groups is 1. The highest BCUT2D eigenvalue weighted by molar-refractivity contribution is 7.98. The van der Waals surface area contributed by atoms with E-state index in [4.69, 9.17) is 0 Å². The number of phenols is 1. The van der Waals surface area contributed by atoms with Crippen LogP contribution in [0.5, 0.6) is 5.75 Å². The highest BCUT2D eigenvalue weighted by atomic mass is 32.2. The lowest BCUT2D eigenvalue weighted by atomic mass is 10.1. The molecule has 1 heterocycles. The van der Waals surface area contributed by atoms with Gasteiger partial charge in [0.05, 0.1) is 5.69 Å². The summed E-state index contributed by atoms with van der Waals surface area (Å²) < 4.78 is 1.95. The average Bonchev–Trinajstić information content (AvgIpc) is 2.87. The number of benzene rings is 2. The number of fused-ring (bicyclic) bond motifs is 1. The van der Waals surface area contributed by atoms with Crippen LogP contribution in [0.25, 0.3) is 10.8 Å². The summed E-state index contributed by atoms with van der Waals surface area (Å²) in [4.78, 5) is 1.18. The standard InChI is InChI=1S/C17H18N2OS/c1-3-12-10-13(19(2)18-12)11-21-17-9-8-16(20)14-6-4-5-7-15(14)17/h4-10,20H,3,11H2,1-2H3. The van der Waals surface area contributed by atoms with E-state index in [0.717, 1.165) is 28.6 Å². The summed E-state index contributed by atoms with van der Waals surface area (Å²) in [6, 6.07) is 13.9. The van der Waals surface area contributed by atoms with Crippen molar-refractivity contribution in [3.63, 3.8) is 0 Å². The van der Waals surface area contributed by atoms with E-state index in [1.54, 1.807) is 17.8 Å². The zero-order chi connectivity index (χ0) is 14.8. The normalized spacial score (nSPS) is 11.1. The Hall–Kier alpha value is -1.94. The van der Waals surface area contributed by atoms with E-state index >= 15 is 0 Å². The van der Waals surface area contributed by atoms with Gasteiger partial charge in [-0.05, 0) is 30.0 Å². The average molecular weight is 298 g/mol. The molecule has 3 nitrogen and oxygen atoms in total. The molecule has 0 aliphatic rings. The van der Waals surface area contributed by atoms with Gasteiger partial charge in [0.15, 0.2) is 0 Å². The third-order valence-electron chi connectivity index (χ3n) is 3.63. The summed E-state index contributed by atoms with van der Waals surface area (Å²) in [7, 11) is 1.99. The van der Waals surface area contributed by atoms with Crippen molar-refractivity contribution in [1.29, 1.82) is 0 Å². The molecule has 1 aromatic heterocycles. The van der Waals surface area contributed by atoms with Gasteiger partial charge < -0.3 is 5.11 Å². The molecule has 0 fully saturated rings. The van der Waals surface area contributed by atoms with Crippen LogP contribution in [-0.2, 0) is 19.2 Å². The maximum absolute atomic E-state index is 9.94. The van der Waals surface area contributed by atoms with Crippen LogP contribution in [0.2, 0.25) is 0 Å². The number of phenolic OH excluding ortho intramolecular Hbond substituents is 1. The Morgan fingerprint density at radius 2 is 1.90 bits per heavy atom. The van der Waals surface area contributed by atoms with Crippen LogP contribution in [0.3, 0.4) is 0 Å². The van der Waals surface area contributed by atoms with Crippen LogP contribution in [0, 0.1) is 0 Å². The van der Waals surface area contributed by atoms with Gasteiger partial charge in [-0.25, -0.2) is 0 Å². The quantitative estimate of drug-likeness (QED) is 0.736. The Morgan fingerprint density at radius 3 is 2.62 bits per heavy atom. The molecule has 0 aliphatic heterocycles. The molecule has 1 N–H and O–H groups in total. The maximum atomic E-state index is 9.94. The number of nitrogens with zero attached hydrogens (tertiary/aromatic N) is 2. The minimum absolute atomic E-state index is 0.337. The Morgan fingerprint density at radius 1 is 1.14 bits per heavy atom. The van der Waals surface area contributed by atoms with Gasteiger partial charge in [0.1, 0.15) is 5.75 Å². The van der Waals surface area contributed by atoms with E-state index in [0.29, 0.717) is 5.75 Å². The maximum Gasteiger partial charge on any atom is 0.123 e. The highest BCUT2D eigenvalue weighted by Crippen LogP contribution is 2.34. The zero-order valence-electron chi connectivity index (χ0n) is 12.2. The molecule has 3 aromatic rings. The second-order valence-corrected chi connectivity index (χ2v) is 6.04. The summed E-state index contributed by atoms with van der Waals surface area (Å²) in [6.45, 7) is 2.12. The van der Waals surface area contributed by atoms with Crippen LogP contribution < -0.4 is 0 Å². The van der Waals surface area contributed by atoms with Gasteiger partial charge in [0.2, 0.25) is 0 Å². The summed E-state index contributed by atoms with van der Waals surface area (Å²) >= 11 is 1.78. The SMILES string of the molecule is CCc1cc(CSc2ccc(O)c3ccccc23)n(C)n1. The Labute approximate surface area is 128 Å². The predicted octanol–water partition coefficient (Wildman–Crippen LogP) is 4.13. The van der Waals surface area contributed by atoms with Crippen LogP contribution in [0.15, 0.2) is 47.4 Å². The molecule has 0 bridgehead atoms. The Kier molecular flexibility index (Phi) is 3.88. The summed E-state index contributed by atoms with van der Waals surface area (Å²) in [6.07, 6.45) is 0.959. The van der Waals surface area contributed by atoms with Crippen molar-refractivity contribution < 1.29 is 5.11 Å². The number of aromatic nitrogens is 2. The molecule has 0 unspecified atom stereocenters. The van der Waals surface area contributed by atoms with E-state index < -0.39 is 0 Å². The van der Waals surface area contributed by atoms with Crippen molar-refractivity contribution in [3.8, 4) is 5.75 Å². The van der Waals surface area contributed by atoms with Gasteiger partial charge in [-0.2, -0.15) is 5.10 Å². The van der Waals surface area contributed by atoms with E-state index in [1.807, 2.05) is 36.0 Å². The first-order chi connectivity index (χ1) is 10.2.